The zero-order valence-corrected chi connectivity index (χ0v) is 10.1. The van der Waals surface area contributed by atoms with Crippen molar-refractivity contribution < 1.29 is 0 Å². The molecule has 0 unspecified atom stereocenters. The number of benzene rings is 1. The fourth-order valence-electron chi connectivity index (χ4n) is 1.31. The molecule has 0 fully saturated rings. The fourth-order valence-corrected chi connectivity index (χ4v) is 2.19. The number of anilines is 1. The van der Waals surface area contributed by atoms with Crippen LogP contribution in [0.5, 0.6) is 0 Å². The lowest BCUT2D eigenvalue weighted by Gasteiger charge is -2.04. The molecule has 0 aliphatic carbocycles. The molecule has 0 aliphatic rings. The summed E-state index contributed by atoms with van der Waals surface area (Å²) in [5.74, 6) is 0.453. The maximum atomic E-state index is 5.58. The summed E-state index contributed by atoms with van der Waals surface area (Å²) in [6.45, 7) is 4.20. The smallest absolute Gasteiger partial charge is 0.143 e. The molecule has 0 aliphatic heterocycles. The molecule has 1 aromatic carbocycles. The minimum absolute atomic E-state index is 0.453. The van der Waals surface area contributed by atoms with E-state index in [-0.39, 0.29) is 0 Å². The Morgan fingerprint density at radius 3 is 2.62 bits per heavy atom. The molecule has 3 nitrogen and oxygen atoms in total. The average Bonchev–Trinajstić information content (AvgIpc) is 2.24. The number of nitrogens with zero attached hydrogens (tertiary/aromatic N) is 2. The van der Waals surface area contributed by atoms with Crippen LogP contribution in [-0.2, 0) is 0 Å². The van der Waals surface area contributed by atoms with Gasteiger partial charge in [-0.3, -0.25) is 4.98 Å². The lowest BCUT2D eigenvalue weighted by atomic mass is 10.1. The van der Waals surface area contributed by atoms with Crippen LogP contribution in [0.2, 0.25) is 0 Å². The monoisotopic (exact) mass is 231 g/mol. The van der Waals surface area contributed by atoms with Gasteiger partial charge in [-0.25, -0.2) is 4.98 Å². The van der Waals surface area contributed by atoms with E-state index in [1.165, 1.54) is 11.1 Å². The van der Waals surface area contributed by atoms with Crippen molar-refractivity contribution >= 4 is 17.6 Å². The molecule has 82 valence electrons. The third kappa shape index (κ3) is 2.52. The second kappa shape index (κ2) is 4.53. The zero-order chi connectivity index (χ0) is 11.5. The highest BCUT2D eigenvalue weighted by Gasteiger charge is 2.01. The van der Waals surface area contributed by atoms with Gasteiger partial charge >= 0.3 is 0 Å². The number of nitrogens with two attached hydrogens (primary N) is 1. The van der Waals surface area contributed by atoms with E-state index < -0.39 is 0 Å². The highest BCUT2D eigenvalue weighted by molar-refractivity contribution is 7.99. The van der Waals surface area contributed by atoms with Crippen molar-refractivity contribution in [1.82, 2.24) is 9.97 Å². The maximum Gasteiger partial charge on any atom is 0.143 e. The highest BCUT2D eigenvalue weighted by Crippen LogP contribution is 2.27. The molecular weight excluding hydrogens is 218 g/mol. The summed E-state index contributed by atoms with van der Waals surface area (Å²) >= 11 is 1.57. The molecule has 0 bridgehead atoms. The second-order valence-corrected chi connectivity index (χ2v) is 4.72. The Kier molecular flexibility index (Phi) is 3.10. The molecular formula is C12H13N3S. The van der Waals surface area contributed by atoms with Gasteiger partial charge in [0.2, 0.25) is 0 Å². The molecule has 0 atom stereocenters. The summed E-state index contributed by atoms with van der Waals surface area (Å²) in [5, 5.41) is 0.822. The van der Waals surface area contributed by atoms with E-state index in [9.17, 15) is 0 Å². The van der Waals surface area contributed by atoms with E-state index in [1.807, 2.05) is 0 Å². The van der Waals surface area contributed by atoms with Crippen molar-refractivity contribution in [2.45, 2.75) is 23.8 Å². The molecule has 1 heterocycles. The number of hydrogen-bond donors (Lipinski definition) is 1. The third-order valence-corrected chi connectivity index (χ3v) is 3.23. The number of nitrogen functional groups attached to an aromatic ring is 1. The van der Waals surface area contributed by atoms with Gasteiger partial charge in [0, 0.05) is 4.90 Å². The van der Waals surface area contributed by atoms with Crippen LogP contribution in [0.4, 0.5) is 5.82 Å². The first-order valence-electron chi connectivity index (χ1n) is 4.98. The molecule has 0 radical (unpaired) electrons. The van der Waals surface area contributed by atoms with Crippen LogP contribution in [0.1, 0.15) is 11.1 Å². The van der Waals surface area contributed by atoms with Gasteiger partial charge in [0.15, 0.2) is 0 Å². The van der Waals surface area contributed by atoms with Crippen molar-refractivity contribution in [3.05, 3.63) is 41.7 Å². The Hall–Kier alpha value is -1.55. The molecule has 16 heavy (non-hydrogen) atoms. The van der Waals surface area contributed by atoms with Crippen molar-refractivity contribution in [2.75, 3.05) is 5.73 Å². The van der Waals surface area contributed by atoms with Crippen LogP contribution in [0.25, 0.3) is 0 Å². The predicted octanol–water partition coefficient (Wildman–Crippen LogP) is 2.83. The van der Waals surface area contributed by atoms with Crippen LogP contribution < -0.4 is 5.73 Å². The van der Waals surface area contributed by atoms with Crippen molar-refractivity contribution in [3.63, 3.8) is 0 Å². The van der Waals surface area contributed by atoms with E-state index in [0.717, 1.165) is 9.92 Å². The first kappa shape index (κ1) is 11.0. The predicted molar refractivity (Wildman–Crippen MR) is 66.5 cm³/mol. The van der Waals surface area contributed by atoms with Gasteiger partial charge in [0.1, 0.15) is 10.8 Å². The van der Waals surface area contributed by atoms with Gasteiger partial charge in [-0.15, -0.1) is 0 Å². The van der Waals surface area contributed by atoms with Crippen molar-refractivity contribution in [1.29, 1.82) is 0 Å². The molecule has 0 saturated heterocycles. The largest absolute Gasteiger partial charge is 0.382 e. The molecule has 2 rings (SSSR count). The van der Waals surface area contributed by atoms with E-state index >= 15 is 0 Å². The van der Waals surface area contributed by atoms with Crippen LogP contribution >= 0.6 is 11.8 Å². The minimum Gasteiger partial charge on any atom is -0.382 e. The summed E-state index contributed by atoms with van der Waals surface area (Å²) in [5.41, 5.74) is 8.15. The Morgan fingerprint density at radius 2 is 1.94 bits per heavy atom. The van der Waals surface area contributed by atoms with Gasteiger partial charge in [-0.2, -0.15) is 0 Å². The second-order valence-electron chi connectivity index (χ2n) is 3.63. The number of aryl methyl sites for hydroxylation is 2. The Balaban J connectivity index is 2.24. The van der Waals surface area contributed by atoms with E-state index in [1.54, 1.807) is 24.2 Å². The average molecular weight is 231 g/mol. The van der Waals surface area contributed by atoms with Gasteiger partial charge in [-0.1, -0.05) is 17.8 Å². The zero-order valence-electron chi connectivity index (χ0n) is 9.27. The lowest BCUT2D eigenvalue weighted by molar-refractivity contribution is 1.07. The standard InChI is InChI=1S/C12H13N3S/c1-8-3-4-10(5-9(8)2)16-12-7-14-6-11(13)15-12/h3-7H,1-2H3,(H2,13,15). The molecule has 0 saturated carbocycles. The lowest BCUT2D eigenvalue weighted by Crippen LogP contribution is -1.92. The Labute approximate surface area is 99.1 Å². The minimum atomic E-state index is 0.453. The fraction of sp³-hybridized carbons (Fsp3) is 0.167. The SMILES string of the molecule is Cc1ccc(Sc2cncc(N)n2)cc1C. The van der Waals surface area contributed by atoms with Crippen molar-refractivity contribution in [3.8, 4) is 0 Å². The Morgan fingerprint density at radius 1 is 1.12 bits per heavy atom. The van der Waals surface area contributed by atoms with Crippen LogP contribution in [0.15, 0.2) is 40.5 Å². The molecule has 2 aromatic rings. The molecule has 4 heteroatoms. The molecule has 1 aromatic heterocycles. The van der Waals surface area contributed by atoms with Gasteiger partial charge in [0.05, 0.1) is 12.4 Å². The summed E-state index contributed by atoms with van der Waals surface area (Å²) in [4.78, 5) is 9.37. The van der Waals surface area contributed by atoms with E-state index in [2.05, 4.69) is 42.0 Å². The summed E-state index contributed by atoms with van der Waals surface area (Å²) < 4.78 is 0. The van der Waals surface area contributed by atoms with Crippen LogP contribution in [0.3, 0.4) is 0 Å². The molecule has 2 N–H and O–H groups in total. The quantitative estimate of drug-likeness (QED) is 0.863. The van der Waals surface area contributed by atoms with Crippen molar-refractivity contribution in [2.24, 2.45) is 0 Å². The summed E-state index contributed by atoms with van der Waals surface area (Å²) in [6, 6.07) is 6.33. The first-order chi connectivity index (χ1) is 7.65. The van der Waals surface area contributed by atoms with Crippen LogP contribution in [-0.4, -0.2) is 9.97 Å². The van der Waals surface area contributed by atoms with E-state index in [4.69, 9.17) is 5.73 Å². The normalized spacial score (nSPS) is 10.4. The topological polar surface area (TPSA) is 51.8 Å². The number of rotatable bonds is 2. The number of hydrogen-bond acceptors (Lipinski definition) is 4. The van der Waals surface area contributed by atoms with E-state index in [0.29, 0.717) is 5.82 Å². The molecule has 0 spiro atoms. The molecule has 0 amide bonds. The van der Waals surface area contributed by atoms with Gasteiger partial charge in [0.25, 0.3) is 0 Å². The summed E-state index contributed by atoms with van der Waals surface area (Å²) in [6.07, 6.45) is 3.26. The Bertz CT molecular complexity index is 511. The maximum absolute atomic E-state index is 5.58. The van der Waals surface area contributed by atoms with Gasteiger partial charge in [-0.05, 0) is 37.1 Å². The number of aromatic nitrogens is 2. The first-order valence-corrected chi connectivity index (χ1v) is 5.79. The van der Waals surface area contributed by atoms with Gasteiger partial charge < -0.3 is 5.73 Å². The highest BCUT2D eigenvalue weighted by atomic mass is 32.2. The summed E-state index contributed by atoms with van der Waals surface area (Å²) in [7, 11) is 0. The van der Waals surface area contributed by atoms with Crippen LogP contribution in [0, 0.1) is 13.8 Å². The third-order valence-electron chi connectivity index (χ3n) is 2.33.